The van der Waals surface area contributed by atoms with Crippen molar-refractivity contribution in [3.63, 3.8) is 0 Å². The molecule has 0 spiro atoms. The highest BCUT2D eigenvalue weighted by Crippen LogP contribution is 2.34. The molecule has 35 heavy (non-hydrogen) atoms. The van der Waals surface area contributed by atoms with Crippen molar-refractivity contribution in [1.29, 1.82) is 0 Å². The minimum absolute atomic E-state index is 0.182. The third-order valence-electron chi connectivity index (χ3n) is 4.94. The Hall–Kier alpha value is -3.25. The SMILES string of the molecule is O=C(OCCS(=O)(=O)O)c1ccc(-c2ccc(/C=C3/SC(=S)N(Cc4ccccc4)C3=O)o2)cc1. The zero-order chi connectivity index (χ0) is 25.0. The van der Waals surface area contributed by atoms with Gasteiger partial charge in [-0.05, 0) is 29.8 Å². The second-order valence-electron chi connectivity index (χ2n) is 7.45. The van der Waals surface area contributed by atoms with E-state index in [2.05, 4.69) is 0 Å². The van der Waals surface area contributed by atoms with Gasteiger partial charge < -0.3 is 9.15 Å². The topological polar surface area (TPSA) is 114 Å². The van der Waals surface area contributed by atoms with E-state index < -0.39 is 28.4 Å². The molecule has 0 aliphatic carbocycles. The average Bonchev–Trinajstić information content (AvgIpc) is 3.39. The van der Waals surface area contributed by atoms with Crippen LogP contribution in [-0.2, 0) is 26.2 Å². The van der Waals surface area contributed by atoms with Gasteiger partial charge in [0.25, 0.3) is 16.0 Å². The van der Waals surface area contributed by atoms with Crippen LogP contribution in [0.25, 0.3) is 17.4 Å². The van der Waals surface area contributed by atoms with E-state index in [9.17, 15) is 18.0 Å². The van der Waals surface area contributed by atoms with Crippen LogP contribution in [0.4, 0.5) is 0 Å². The molecule has 8 nitrogen and oxygen atoms in total. The van der Waals surface area contributed by atoms with Gasteiger partial charge in [0.15, 0.2) is 0 Å². The first-order valence-corrected chi connectivity index (χ1v) is 13.1. The highest BCUT2D eigenvalue weighted by atomic mass is 32.2. The van der Waals surface area contributed by atoms with Gasteiger partial charge in [0.05, 0.1) is 17.0 Å². The molecule has 4 rings (SSSR count). The van der Waals surface area contributed by atoms with Gasteiger partial charge in [0, 0.05) is 11.6 Å². The smallest absolute Gasteiger partial charge is 0.338 e. The number of nitrogens with zero attached hydrogens (tertiary/aromatic N) is 1. The highest BCUT2D eigenvalue weighted by Gasteiger charge is 2.32. The molecule has 1 N–H and O–H groups in total. The lowest BCUT2D eigenvalue weighted by Crippen LogP contribution is -2.27. The fourth-order valence-corrected chi connectivity index (χ4v) is 4.74. The maximum atomic E-state index is 12.8. The summed E-state index contributed by atoms with van der Waals surface area (Å²) in [6.45, 7) is -0.0462. The van der Waals surface area contributed by atoms with Crippen LogP contribution in [0.2, 0.25) is 0 Å². The van der Waals surface area contributed by atoms with E-state index in [1.165, 1.54) is 23.9 Å². The van der Waals surface area contributed by atoms with Gasteiger partial charge in [-0.25, -0.2) is 4.79 Å². The summed E-state index contributed by atoms with van der Waals surface area (Å²) in [4.78, 5) is 26.9. The predicted octanol–water partition coefficient (Wildman–Crippen LogP) is 4.39. The maximum absolute atomic E-state index is 12.8. The molecule has 1 aliphatic rings. The third-order valence-corrected chi connectivity index (χ3v) is 7.00. The Bertz CT molecular complexity index is 1390. The van der Waals surface area contributed by atoms with Gasteiger partial charge in [-0.3, -0.25) is 14.2 Å². The minimum Gasteiger partial charge on any atom is -0.461 e. The molecule has 3 aromatic rings. The third kappa shape index (κ3) is 6.45. The Morgan fingerprint density at radius 1 is 1.09 bits per heavy atom. The predicted molar refractivity (Wildman–Crippen MR) is 136 cm³/mol. The number of carbonyl (C=O) groups excluding carboxylic acids is 2. The molecule has 0 saturated carbocycles. The molecular formula is C24H19NO7S3. The minimum atomic E-state index is -4.20. The van der Waals surface area contributed by atoms with Crippen LogP contribution in [0.15, 0.2) is 76.1 Å². The molecule has 0 radical (unpaired) electrons. The number of benzene rings is 2. The molecule has 1 fully saturated rings. The molecule has 11 heteroatoms. The zero-order valence-electron chi connectivity index (χ0n) is 18.1. The Balaban J connectivity index is 1.41. The van der Waals surface area contributed by atoms with Crippen LogP contribution < -0.4 is 0 Å². The molecule has 2 heterocycles. The van der Waals surface area contributed by atoms with Crippen LogP contribution in [0.3, 0.4) is 0 Å². The number of thiocarbonyl (C=S) groups is 1. The number of hydrogen-bond acceptors (Lipinski definition) is 8. The number of thioether (sulfide) groups is 1. The number of esters is 1. The fourth-order valence-electron chi connectivity index (χ4n) is 3.21. The summed E-state index contributed by atoms with van der Waals surface area (Å²) in [7, 11) is -4.20. The number of amides is 1. The first-order valence-electron chi connectivity index (χ1n) is 10.3. The molecule has 1 aromatic heterocycles. The van der Waals surface area contributed by atoms with E-state index >= 15 is 0 Å². The summed E-state index contributed by atoms with van der Waals surface area (Å²) in [5.74, 6) is -0.551. The summed E-state index contributed by atoms with van der Waals surface area (Å²) < 4.78 is 41.3. The van der Waals surface area contributed by atoms with Gasteiger partial charge >= 0.3 is 5.97 Å². The quantitative estimate of drug-likeness (QED) is 0.196. The van der Waals surface area contributed by atoms with Gasteiger partial charge in [-0.1, -0.05) is 66.4 Å². The fraction of sp³-hybridized carbons (Fsp3) is 0.125. The number of carbonyl (C=O) groups is 2. The Labute approximate surface area is 211 Å². The highest BCUT2D eigenvalue weighted by molar-refractivity contribution is 8.26. The second-order valence-corrected chi connectivity index (χ2v) is 10.7. The van der Waals surface area contributed by atoms with Crippen molar-refractivity contribution in [3.8, 4) is 11.3 Å². The number of furan rings is 1. The van der Waals surface area contributed by atoms with Crippen molar-refractivity contribution < 1.29 is 31.7 Å². The Kier molecular flexibility index (Phi) is 7.51. The largest absolute Gasteiger partial charge is 0.461 e. The lowest BCUT2D eigenvalue weighted by Gasteiger charge is -2.14. The van der Waals surface area contributed by atoms with Gasteiger partial charge in [0.2, 0.25) is 0 Å². The number of hydrogen-bond donors (Lipinski definition) is 1. The standard InChI is InChI=1S/C24H19NO7S3/c26-22-21(34-24(33)25(22)15-16-4-2-1-3-5-16)14-19-10-11-20(32-19)17-6-8-18(9-7-17)23(27)31-12-13-35(28,29)30/h1-11,14H,12-13,15H2,(H,28,29,30)/b21-14+. The zero-order valence-corrected chi connectivity index (χ0v) is 20.6. The summed E-state index contributed by atoms with van der Waals surface area (Å²) in [5, 5.41) is 0. The van der Waals surface area contributed by atoms with E-state index in [0.717, 1.165) is 5.56 Å². The average molecular weight is 530 g/mol. The molecular weight excluding hydrogens is 510 g/mol. The van der Waals surface area contributed by atoms with Gasteiger partial charge in [0.1, 0.15) is 28.2 Å². The Morgan fingerprint density at radius 3 is 2.49 bits per heavy atom. The van der Waals surface area contributed by atoms with Crippen molar-refractivity contribution in [2.45, 2.75) is 6.54 Å². The number of ether oxygens (including phenoxy) is 1. The number of rotatable bonds is 8. The molecule has 1 saturated heterocycles. The molecule has 180 valence electrons. The maximum Gasteiger partial charge on any atom is 0.338 e. The van der Waals surface area contributed by atoms with Gasteiger partial charge in [-0.15, -0.1) is 0 Å². The van der Waals surface area contributed by atoms with Gasteiger partial charge in [-0.2, -0.15) is 8.42 Å². The lowest BCUT2D eigenvalue weighted by molar-refractivity contribution is -0.122. The lowest BCUT2D eigenvalue weighted by atomic mass is 10.1. The Morgan fingerprint density at radius 2 is 1.80 bits per heavy atom. The molecule has 0 atom stereocenters. The molecule has 2 aromatic carbocycles. The summed E-state index contributed by atoms with van der Waals surface area (Å²) >= 11 is 6.60. The monoisotopic (exact) mass is 529 g/mol. The van der Waals surface area contributed by atoms with Crippen molar-refractivity contribution in [2.24, 2.45) is 0 Å². The van der Waals surface area contributed by atoms with Crippen LogP contribution in [0, 0.1) is 0 Å². The van der Waals surface area contributed by atoms with Crippen molar-refractivity contribution >= 4 is 56.4 Å². The first kappa shape index (κ1) is 24.9. The van der Waals surface area contributed by atoms with Crippen molar-refractivity contribution in [1.82, 2.24) is 4.90 Å². The van der Waals surface area contributed by atoms with E-state index in [4.69, 9.17) is 25.9 Å². The van der Waals surface area contributed by atoms with Crippen LogP contribution in [-0.4, -0.2) is 46.4 Å². The van der Waals surface area contributed by atoms with Crippen LogP contribution in [0.5, 0.6) is 0 Å². The van der Waals surface area contributed by atoms with E-state index in [1.54, 1.807) is 35.2 Å². The molecule has 0 bridgehead atoms. The molecule has 1 amide bonds. The first-order chi connectivity index (χ1) is 16.7. The summed E-state index contributed by atoms with van der Waals surface area (Å²) in [6.07, 6.45) is 1.65. The van der Waals surface area contributed by atoms with Crippen molar-refractivity contribution in [3.05, 3.63) is 88.5 Å². The normalized spacial score (nSPS) is 15.1. The van der Waals surface area contributed by atoms with E-state index in [1.807, 2.05) is 30.3 Å². The second kappa shape index (κ2) is 10.6. The molecule has 0 unspecified atom stereocenters. The summed E-state index contributed by atoms with van der Waals surface area (Å²) in [5.41, 5.74) is 1.89. The molecule has 1 aliphatic heterocycles. The van der Waals surface area contributed by atoms with Crippen LogP contribution in [0.1, 0.15) is 21.7 Å². The van der Waals surface area contributed by atoms with E-state index in [-0.39, 0.29) is 11.5 Å². The van der Waals surface area contributed by atoms with Crippen molar-refractivity contribution in [2.75, 3.05) is 12.4 Å². The van der Waals surface area contributed by atoms with E-state index in [0.29, 0.717) is 32.9 Å². The summed E-state index contributed by atoms with van der Waals surface area (Å²) in [6, 6.07) is 19.4. The van der Waals surface area contributed by atoms with Crippen LogP contribution >= 0.6 is 24.0 Å².